The number of aryl methyl sites for hydroxylation is 3. The van der Waals surface area contributed by atoms with E-state index in [9.17, 15) is 4.79 Å². The largest absolute Gasteiger partial charge is 0.328 e. The van der Waals surface area contributed by atoms with Crippen LogP contribution in [0.25, 0.3) is 11.0 Å². The first-order valence-electron chi connectivity index (χ1n) is 8.91. The van der Waals surface area contributed by atoms with Crippen molar-refractivity contribution in [1.29, 1.82) is 0 Å². The van der Waals surface area contributed by atoms with Gasteiger partial charge in [0.1, 0.15) is 5.82 Å². The Kier molecular flexibility index (Phi) is 3.83. The van der Waals surface area contributed by atoms with Gasteiger partial charge in [0, 0.05) is 31.1 Å². The van der Waals surface area contributed by atoms with Gasteiger partial charge in [-0.3, -0.25) is 4.79 Å². The number of hydrogen-bond donors (Lipinski definition) is 0. The Balaban J connectivity index is 1.69. The lowest BCUT2D eigenvalue weighted by atomic mass is 10.1. The minimum absolute atomic E-state index is 0.140. The summed E-state index contributed by atoms with van der Waals surface area (Å²) in [6, 6.07) is 14.5. The number of nitrogens with zero attached hydrogens (tertiary/aromatic N) is 3. The van der Waals surface area contributed by atoms with Crippen LogP contribution in [-0.4, -0.2) is 22.0 Å². The van der Waals surface area contributed by atoms with Crippen molar-refractivity contribution in [3.63, 3.8) is 0 Å². The van der Waals surface area contributed by atoms with Gasteiger partial charge in [-0.1, -0.05) is 18.2 Å². The van der Waals surface area contributed by atoms with Gasteiger partial charge in [-0.25, -0.2) is 4.98 Å². The van der Waals surface area contributed by atoms with Crippen molar-refractivity contribution < 1.29 is 4.79 Å². The molecular weight excluding hydrogens is 310 g/mol. The molecule has 4 heteroatoms. The number of benzene rings is 2. The number of rotatable bonds is 3. The van der Waals surface area contributed by atoms with Crippen LogP contribution < -0.4 is 4.90 Å². The van der Waals surface area contributed by atoms with E-state index in [4.69, 9.17) is 4.98 Å². The Morgan fingerprint density at radius 2 is 1.92 bits per heavy atom. The number of carbonyl (C=O) groups is 1. The van der Waals surface area contributed by atoms with Gasteiger partial charge in [-0.15, -0.1) is 0 Å². The molecular formula is C21H23N3O. The Morgan fingerprint density at radius 1 is 1.12 bits per heavy atom. The monoisotopic (exact) mass is 333 g/mol. The molecule has 0 unspecified atom stereocenters. The van der Waals surface area contributed by atoms with Crippen LogP contribution >= 0.6 is 0 Å². The first-order valence-corrected chi connectivity index (χ1v) is 8.91. The summed E-state index contributed by atoms with van der Waals surface area (Å²) in [6.45, 7) is 7.88. The Labute approximate surface area is 148 Å². The van der Waals surface area contributed by atoms with Crippen molar-refractivity contribution in [2.45, 2.75) is 39.7 Å². The molecule has 1 aliphatic heterocycles. The second-order valence-electron chi connectivity index (χ2n) is 6.88. The highest BCUT2D eigenvalue weighted by Crippen LogP contribution is 2.33. The van der Waals surface area contributed by atoms with Crippen molar-refractivity contribution in [3.8, 4) is 0 Å². The first kappa shape index (κ1) is 15.9. The normalized spacial score (nSPS) is 17.6. The summed E-state index contributed by atoms with van der Waals surface area (Å²) in [5.74, 6) is 1.35. The molecule has 2 aromatic carbocycles. The number of anilines is 1. The number of amides is 1. The van der Waals surface area contributed by atoms with Crippen LogP contribution in [0.15, 0.2) is 42.5 Å². The van der Waals surface area contributed by atoms with Crippen molar-refractivity contribution in [2.24, 2.45) is 0 Å². The zero-order chi connectivity index (χ0) is 17.6. The van der Waals surface area contributed by atoms with E-state index in [2.05, 4.69) is 43.5 Å². The summed E-state index contributed by atoms with van der Waals surface area (Å²) >= 11 is 0. The number of carbonyl (C=O) groups excluding carboxylic acids is 1. The molecule has 0 saturated carbocycles. The summed E-state index contributed by atoms with van der Waals surface area (Å²) in [6.07, 6.45) is 0.524. The van der Waals surface area contributed by atoms with Gasteiger partial charge in [0.05, 0.1) is 11.0 Å². The third-order valence-electron chi connectivity index (χ3n) is 5.29. The smallest absolute Gasteiger partial charge is 0.227 e. The van der Waals surface area contributed by atoms with Crippen molar-refractivity contribution >= 4 is 22.6 Å². The lowest BCUT2D eigenvalue weighted by Crippen LogP contribution is -2.24. The van der Waals surface area contributed by atoms with E-state index in [0.29, 0.717) is 13.0 Å². The zero-order valence-electron chi connectivity index (χ0n) is 15.0. The summed E-state index contributed by atoms with van der Waals surface area (Å²) in [5, 5.41) is 0. The molecule has 1 saturated heterocycles. The molecule has 1 atom stereocenters. The molecule has 0 aliphatic carbocycles. The Hall–Kier alpha value is -2.62. The van der Waals surface area contributed by atoms with E-state index in [0.717, 1.165) is 29.1 Å². The second kappa shape index (κ2) is 6.03. The van der Waals surface area contributed by atoms with E-state index in [-0.39, 0.29) is 11.8 Å². The van der Waals surface area contributed by atoms with Crippen LogP contribution in [0.5, 0.6) is 0 Å². The minimum Gasteiger partial charge on any atom is -0.328 e. The molecule has 4 rings (SSSR count). The Morgan fingerprint density at radius 3 is 2.68 bits per heavy atom. The standard InChI is InChI=1S/C21H23N3O/c1-4-23-19-8-6-5-7-18(19)22-21(23)16-12-20(25)24(13-16)17-10-9-14(2)15(3)11-17/h5-11,16H,4,12-13H2,1-3H3/t16-/m0/s1. The number of fused-ring (bicyclic) bond motifs is 1. The van der Waals surface area contributed by atoms with Gasteiger partial charge in [0.2, 0.25) is 5.91 Å². The van der Waals surface area contributed by atoms with E-state index in [1.165, 1.54) is 11.1 Å². The van der Waals surface area contributed by atoms with Gasteiger partial charge >= 0.3 is 0 Å². The van der Waals surface area contributed by atoms with Crippen molar-refractivity contribution in [3.05, 3.63) is 59.4 Å². The highest BCUT2D eigenvalue weighted by molar-refractivity contribution is 5.96. The quantitative estimate of drug-likeness (QED) is 0.721. The maximum absolute atomic E-state index is 12.7. The maximum Gasteiger partial charge on any atom is 0.227 e. The third-order valence-corrected chi connectivity index (χ3v) is 5.29. The zero-order valence-corrected chi connectivity index (χ0v) is 15.0. The molecule has 2 heterocycles. The molecule has 3 aromatic rings. The summed E-state index contributed by atoms with van der Waals surface area (Å²) in [4.78, 5) is 19.4. The van der Waals surface area contributed by atoms with E-state index in [1.54, 1.807) is 0 Å². The van der Waals surface area contributed by atoms with Crippen molar-refractivity contribution in [2.75, 3.05) is 11.4 Å². The molecule has 0 radical (unpaired) electrons. The topological polar surface area (TPSA) is 38.1 Å². The lowest BCUT2D eigenvalue weighted by Gasteiger charge is -2.18. The lowest BCUT2D eigenvalue weighted by molar-refractivity contribution is -0.117. The van der Waals surface area contributed by atoms with Crippen LogP contribution in [-0.2, 0) is 11.3 Å². The predicted molar refractivity (Wildman–Crippen MR) is 101 cm³/mol. The second-order valence-corrected chi connectivity index (χ2v) is 6.88. The van der Waals surface area contributed by atoms with Crippen LogP contribution in [0.3, 0.4) is 0 Å². The summed E-state index contributed by atoms with van der Waals surface area (Å²) in [5.41, 5.74) is 5.62. The molecule has 0 spiro atoms. The fraction of sp³-hybridized carbons (Fsp3) is 0.333. The van der Waals surface area contributed by atoms with Gasteiger partial charge in [0.15, 0.2) is 0 Å². The first-order chi connectivity index (χ1) is 12.1. The molecule has 0 bridgehead atoms. The fourth-order valence-electron chi connectivity index (χ4n) is 3.76. The highest BCUT2D eigenvalue weighted by atomic mass is 16.2. The van der Waals surface area contributed by atoms with E-state index < -0.39 is 0 Å². The molecule has 1 amide bonds. The SMILES string of the molecule is CCn1c([C@H]2CC(=O)N(c3ccc(C)c(C)c3)C2)nc2ccccc21. The number of hydrogen-bond acceptors (Lipinski definition) is 2. The average Bonchev–Trinajstić information content (AvgIpc) is 3.17. The van der Waals surface area contributed by atoms with Gasteiger partial charge in [-0.2, -0.15) is 0 Å². The Bertz CT molecular complexity index is 957. The molecule has 4 nitrogen and oxygen atoms in total. The van der Waals surface area contributed by atoms with Gasteiger partial charge < -0.3 is 9.47 Å². The van der Waals surface area contributed by atoms with Crippen LogP contribution in [0.1, 0.15) is 36.2 Å². The molecule has 25 heavy (non-hydrogen) atoms. The molecule has 128 valence electrons. The number of para-hydroxylation sites is 2. The molecule has 1 aromatic heterocycles. The number of aromatic nitrogens is 2. The summed E-state index contributed by atoms with van der Waals surface area (Å²) in [7, 11) is 0. The maximum atomic E-state index is 12.7. The van der Waals surface area contributed by atoms with Crippen molar-refractivity contribution in [1.82, 2.24) is 9.55 Å². The van der Waals surface area contributed by atoms with Gasteiger partial charge in [0.25, 0.3) is 0 Å². The number of imidazole rings is 1. The van der Waals surface area contributed by atoms with Gasteiger partial charge in [-0.05, 0) is 56.2 Å². The van der Waals surface area contributed by atoms with Crippen LogP contribution in [0.2, 0.25) is 0 Å². The molecule has 1 aliphatic rings. The highest BCUT2D eigenvalue weighted by Gasteiger charge is 2.34. The molecule has 0 N–H and O–H groups in total. The fourth-order valence-corrected chi connectivity index (χ4v) is 3.76. The average molecular weight is 333 g/mol. The van der Waals surface area contributed by atoms with E-state index in [1.807, 2.05) is 29.2 Å². The van der Waals surface area contributed by atoms with Crippen LogP contribution in [0, 0.1) is 13.8 Å². The molecule has 1 fully saturated rings. The minimum atomic E-state index is 0.140. The predicted octanol–water partition coefficient (Wildman–Crippen LogP) is 4.19. The van der Waals surface area contributed by atoms with Crippen LogP contribution in [0.4, 0.5) is 5.69 Å². The summed E-state index contributed by atoms with van der Waals surface area (Å²) < 4.78 is 2.25. The van der Waals surface area contributed by atoms with E-state index >= 15 is 0 Å². The third kappa shape index (κ3) is 2.62.